The van der Waals surface area contributed by atoms with Gasteiger partial charge in [0.1, 0.15) is 17.1 Å². The molecule has 0 aliphatic rings. The number of amides is 1. The Kier molecular flexibility index (Phi) is 4.05. The molecule has 0 bridgehead atoms. The largest absolute Gasteiger partial charge is 0.497 e. The van der Waals surface area contributed by atoms with Crippen molar-refractivity contribution in [3.05, 3.63) is 54.1 Å². The minimum absolute atomic E-state index is 0.246. The lowest BCUT2D eigenvalue weighted by molar-refractivity contribution is 0.0944. The van der Waals surface area contributed by atoms with Crippen LogP contribution in [0, 0.1) is 0 Å². The van der Waals surface area contributed by atoms with E-state index in [1.165, 1.54) is 0 Å². The van der Waals surface area contributed by atoms with Gasteiger partial charge in [0, 0.05) is 13.2 Å². The van der Waals surface area contributed by atoms with Crippen LogP contribution in [0.1, 0.15) is 16.2 Å². The number of hydrogen-bond donors (Lipinski definition) is 1. The molecular formula is C15H16N6O2. The van der Waals surface area contributed by atoms with Crippen LogP contribution in [0.15, 0.2) is 42.7 Å². The predicted molar refractivity (Wildman–Crippen MR) is 82.3 cm³/mol. The van der Waals surface area contributed by atoms with E-state index in [1.54, 1.807) is 42.0 Å². The van der Waals surface area contributed by atoms with Crippen LogP contribution in [-0.4, -0.2) is 37.8 Å². The van der Waals surface area contributed by atoms with E-state index in [9.17, 15) is 4.79 Å². The van der Waals surface area contributed by atoms with Gasteiger partial charge in [-0.2, -0.15) is 5.10 Å². The van der Waals surface area contributed by atoms with Crippen LogP contribution in [0.5, 0.6) is 5.75 Å². The summed E-state index contributed by atoms with van der Waals surface area (Å²) in [7, 11) is 3.38. The summed E-state index contributed by atoms with van der Waals surface area (Å²) in [6, 6.07) is 9.11. The first-order valence-corrected chi connectivity index (χ1v) is 6.99. The average Bonchev–Trinajstić information content (AvgIpc) is 3.22. The lowest BCUT2D eigenvalue weighted by atomic mass is 10.3. The van der Waals surface area contributed by atoms with Crippen LogP contribution < -0.4 is 10.1 Å². The molecule has 118 valence electrons. The van der Waals surface area contributed by atoms with Crippen molar-refractivity contribution in [1.29, 1.82) is 0 Å². The van der Waals surface area contributed by atoms with E-state index in [2.05, 4.69) is 20.7 Å². The molecule has 23 heavy (non-hydrogen) atoms. The third kappa shape index (κ3) is 3.37. The van der Waals surface area contributed by atoms with E-state index in [0.717, 1.165) is 11.4 Å². The Morgan fingerprint density at radius 3 is 2.70 bits per heavy atom. The van der Waals surface area contributed by atoms with E-state index in [1.807, 2.05) is 24.3 Å². The summed E-state index contributed by atoms with van der Waals surface area (Å²) in [6.45, 7) is 0.283. The fourth-order valence-corrected chi connectivity index (χ4v) is 2.04. The Bertz CT molecular complexity index is 805. The predicted octanol–water partition coefficient (Wildman–Crippen LogP) is 0.939. The van der Waals surface area contributed by atoms with Gasteiger partial charge in [-0.3, -0.25) is 9.48 Å². The number of aryl methyl sites for hydroxylation is 1. The van der Waals surface area contributed by atoms with Crippen molar-refractivity contribution >= 4 is 5.91 Å². The van der Waals surface area contributed by atoms with Crippen LogP contribution in [0.4, 0.5) is 0 Å². The van der Waals surface area contributed by atoms with E-state index >= 15 is 0 Å². The summed E-state index contributed by atoms with van der Waals surface area (Å²) >= 11 is 0. The van der Waals surface area contributed by atoms with Crippen molar-refractivity contribution in [3.63, 3.8) is 0 Å². The zero-order valence-corrected chi connectivity index (χ0v) is 12.8. The molecule has 3 rings (SSSR count). The van der Waals surface area contributed by atoms with E-state index in [0.29, 0.717) is 11.4 Å². The molecule has 0 fully saturated rings. The van der Waals surface area contributed by atoms with Gasteiger partial charge in [-0.15, -0.1) is 5.10 Å². The number of rotatable bonds is 5. The fraction of sp³-hybridized carbons (Fsp3) is 0.200. The molecule has 0 spiro atoms. The zero-order valence-electron chi connectivity index (χ0n) is 12.8. The molecule has 3 aromatic rings. The molecule has 0 unspecified atom stereocenters. The maximum Gasteiger partial charge on any atom is 0.272 e. The Balaban J connectivity index is 1.63. The van der Waals surface area contributed by atoms with Gasteiger partial charge in [0.05, 0.1) is 25.5 Å². The quantitative estimate of drug-likeness (QED) is 0.757. The summed E-state index contributed by atoms with van der Waals surface area (Å²) in [4.78, 5) is 11.9. The molecule has 8 heteroatoms. The second-order valence-corrected chi connectivity index (χ2v) is 4.91. The summed E-state index contributed by atoms with van der Waals surface area (Å²) < 4.78 is 8.34. The van der Waals surface area contributed by atoms with Crippen molar-refractivity contribution in [1.82, 2.24) is 30.1 Å². The lowest BCUT2D eigenvalue weighted by Gasteiger charge is -2.02. The highest BCUT2D eigenvalue weighted by molar-refractivity contribution is 5.92. The van der Waals surface area contributed by atoms with E-state index < -0.39 is 0 Å². The molecule has 0 saturated heterocycles. The monoisotopic (exact) mass is 312 g/mol. The second kappa shape index (κ2) is 6.30. The van der Waals surface area contributed by atoms with Crippen LogP contribution in [-0.2, 0) is 13.6 Å². The highest BCUT2D eigenvalue weighted by atomic mass is 16.5. The van der Waals surface area contributed by atoms with Crippen molar-refractivity contribution in [2.75, 3.05) is 7.11 Å². The van der Waals surface area contributed by atoms with Gasteiger partial charge >= 0.3 is 0 Å². The van der Waals surface area contributed by atoms with Gasteiger partial charge in [0.15, 0.2) is 0 Å². The lowest BCUT2D eigenvalue weighted by Crippen LogP contribution is -2.23. The molecule has 0 radical (unpaired) electrons. The van der Waals surface area contributed by atoms with Crippen LogP contribution in [0.2, 0.25) is 0 Å². The highest BCUT2D eigenvalue weighted by Crippen LogP contribution is 2.14. The number of aromatic nitrogens is 5. The number of methoxy groups -OCH3 is 1. The minimum atomic E-state index is -0.246. The number of nitrogens with zero attached hydrogens (tertiary/aromatic N) is 5. The van der Waals surface area contributed by atoms with Crippen LogP contribution >= 0.6 is 0 Å². The molecule has 2 aromatic heterocycles. The van der Waals surface area contributed by atoms with Crippen molar-refractivity contribution in [2.24, 2.45) is 7.05 Å². The average molecular weight is 312 g/mol. The Morgan fingerprint density at radius 2 is 2.04 bits per heavy atom. The number of carbonyl (C=O) groups is 1. The third-order valence-corrected chi connectivity index (χ3v) is 3.25. The van der Waals surface area contributed by atoms with Gasteiger partial charge in [-0.1, -0.05) is 5.21 Å². The van der Waals surface area contributed by atoms with Gasteiger partial charge in [0.2, 0.25) is 0 Å². The summed E-state index contributed by atoms with van der Waals surface area (Å²) in [5.41, 5.74) is 1.89. The molecule has 1 aromatic carbocycles. The maximum absolute atomic E-state index is 11.9. The Hall–Kier alpha value is -3.16. The number of benzene rings is 1. The molecule has 1 amide bonds. The zero-order chi connectivity index (χ0) is 16.2. The molecule has 2 heterocycles. The number of carbonyl (C=O) groups excluding carboxylic acids is 1. The summed E-state index contributed by atoms with van der Waals surface area (Å²) in [6.07, 6.45) is 3.48. The molecule has 0 saturated carbocycles. The first-order valence-electron chi connectivity index (χ1n) is 6.99. The molecular weight excluding hydrogens is 296 g/mol. The highest BCUT2D eigenvalue weighted by Gasteiger charge is 2.10. The number of hydrogen-bond acceptors (Lipinski definition) is 5. The fourth-order valence-electron chi connectivity index (χ4n) is 2.04. The summed E-state index contributed by atoms with van der Waals surface area (Å²) in [5, 5.41) is 14.9. The van der Waals surface area contributed by atoms with Crippen LogP contribution in [0.3, 0.4) is 0 Å². The topological polar surface area (TPSA) is 86.9 Å². The van der Waals surface area contributed by atoms with Gasteiger partial charge < -0.3 is 10.1 Å². The Morgan fingerprint density at radius 1 is 1.26 bits per heavy atom. The first-order chi connectivity index (χ1) is 11.2. The third-order valence-electron chi connectivity index (χ3n) is 3.25. The number of ether oxygens (including phenoxy) is 1. The Labute approximate surface area is 132 Å². The molecule has 0 atom stereocenters. The maximum atomic E-state index is 11.9. The smallest absolute Gasteiger partial charge is 0.272 e. The van der Waals surface area contributed by atoms with Gasteiger partial charge in [0.25, 0.3) is 5.91 Å². The van der Waals surface area contributed by atoms with E-state index in [4.69, 9.17) is 4.74 Å². The molecule has 1 N–H and O–H groups in total. The molecule has 0 aliphatic carbocycles. The van der Waals surface area contributed by atoms with Crippen molar-refractivity contribution in [2.45, 2.75) is 6.54 Å². The van der Waals surface area contributed by atoms with Gasteiger partial charge in [-0.05, 0) is 30.3 Å². The normalized spacial score (nSPS) is 10.5. The standard InChI is InChI=1S/C15H16N6O2/c1-20-8-7-14(18-20)15(22)16-9-11-10-21(19-17-11)12-3-5-13(23-2)6-4-12/h3-8,10H,9H2,1-2H3,(H,16,22). The molecule has 8 nitrogen and oxygen atoms in total. The van der Waals surface area contributed by atoms with Crippen molar-refractivity contribution in [3.8, 4) is 11.4 Å². The first kappa shape index (κ1) is 14.8. The summed E-state index contributed by atoms with van der Waals surface area (Å²) in [5.74, 6) is 0.529. The second-order valence-electron chi connectivity index (χ2n) is 4.91. The van der Waals surface area contributed by atoms with Crippen molar-refractivity contribution < 1.29 is 9.53 Å². The minimum Gasteiger partial charge on any atom is -0.497 e. The number of nitrogens with one attached hydrogen (secondary N) is 1. The van der Waals surface area contributed by atoms with Gasteiger partial charge in [-0.25, -0.2) is 4.68 Å². The SMILES string of the molecule is COc1ccc(-n2cc(CNC(=O)c3ccn(C)n3)nn2)cc1. The molecule has 0 aliphatic heterocycles. The van der Waals surface area contributed by atoms with Crippen LogP contribution in [0.25, 0.3) is 5.69 Å². The van der Waals surface area contributed by atoms with E-state index in [-0.39, 0.29) is 12.5 Å².